The molecule has 0 aliphatic heterocycles. The Labute approximate surface area is 111 Å². The zero-order valence-electron chi connectivity index (χ0n) is 10.5. The number of phenols is 2. The summed E-state index contributed by atoms with van der Waals surface area (Å²) in [4.78, 5) is 0. The Hall–Kier alpha value is -2.67. The predicted molar refractivity (Wildman–Crippen MR) is 72.9 cm³/mol. The van der Waals surface area contributed by atoms with Crippen molar-refractivity contribution in [3.8, 4) is 17.6 Å². The highest BCUT2D eigenvalue weighted by atomic mass is 16.3. The van der Waals surface area contributed by atoms with E-state index < -0.39 is 6.04 Å². The van der Waals surface area contributed by atoms with Gasteiger partial charge in [-0.2, -0.15) is 5.26 Å². The van der Waals surface area contributed by atoms with Gasteiger partial charge in [-0.3, -0.25) is 0 Å². The van der Waals surface area contributed by atoms with Gasteiger partial charge in [-0.1, -0.05) is 23.8 Å². The molecule has 0 radical (unpaired) electrons. The minimum atomic E-state index is -0.589. The molecule has 0 aliphatic carbocycles. The number of hydrogen-bond acceptors (Lipinski definition) is 4. The number of aryl methyl sites for hydroxylation is 1. The second-order valence-electron chi connectivity index (χ2n) is 4.32. The van der Waals surface area contributed by atoms with Crippen LogP contribution in [0.3, 0.4) is 0 Å². The third kappa shape index (κ3) is 2.96. The number of nitrogens with one attached hydrogen (secondary N) is 1. The Morgan fingerprint density at radius 1 is 1.05 bits per heavy atom. The molecule has 0 aromatic heterocycles. The fourth-order valence-corrected chi connectivity index (χ4v) is 1.73. The number of anilines is 1. The zero-order valence-corrected chi connectivity index (χ0v) is 10.5. The quantitative estimate of drug-likeness (QED) is 0.736. The highest BCUT2D eigenvalue weighted by Gasteiger charge is 2.12. The first-order chi connectivity index (χ1) is 9.10. The summed E-state index contributed by atoms with van der Waals surface area (Å²) in [5.74, 6) is -0.431. The summed E-state index contributed by atoms with van der Waals surface area (Å²) in [5.41, 5.74) is 2.56. The van der Waals surface area contributed by atoms with E-state index in [1.165, 1.54) is 12.1 Å². The summed E-state index contributed by atoms with van der Waals surface area (Å²) in [6, 6.07) is 13.6. The molecule has 0 saturated carbocycles. The predicted octanol–water partition coefficient (Wildman–Crippen LogP) is 3.08. The Bertz CT molecular complexity index is 615. The lowest BCUT2D eigenvalue weighted by Gasteiger charge is -2.14. The van der Waals surface area contributed by atoms with Crippen molar-refractivity contribution in [2.24, 2.45) is 0 Å². The number of benzene rings is 2. The minimum Gasteiger partial charge on any atom is -0.504 e. The molecule has 2 aromatic rings. The molecule has 19 heavy (non-hydrogen) atoms. The summed E-state index contributed by atoms with van der Waals surface area (Å²) in [6.45, 7) is 1.99. The number of phenolic OH excluding ortho intramolecular Hbond substituents is 2. The summed E-state index contributed by atoms with van der Waals surface area (Å²) >= 11 is 0. The summed E-state index contributed by atoms with van der Waals surface area (Å²) in [7, 11) is 0. The normalized spacial score (nSPS) is 11.6. The van der Waals surface area contributed by atoms with Crippen LogP contribution in [0.15, 0.2) is 42.5 Å². The average Bonchev–Trinajstić information content (AvgIpc) is 2.41. The van der Waals surface area contributed by atoms with E-state index in [4.69, 9.17) is 0 Å². The largest absolute Gasteiger partial charge is 0.504 e. The first-order valence-electron chi connectivity index (χ1n) is 5.85. The molecule has 0 aliphatic rings. The van der Waals surface area contributed by atoms with Crippen molar-refractivity contribution < 1.29 is 10.2 Å². The van der Waals surface area contributed by atoms with Gasteiger partial charge in [0.15, 0.2) is 11.5 Å². The van der Waals surface area contributed by atoms with Crippen LogP contribution < -0.4 is 5.32 Å². The number of nitriles is 1. The second kappa shape index (κ2) is 5.32. The molecule has 2 rings (SSSR count). The molecular formula is C15H14N2O2. The number of aromatic hydroxyl groups is 2. The fraction of sp³-hybridized carbons (Fsp3) is 0.133. The molecule has 1 unspecified atom stereocenters. The first kappa shape index (κ1) is 12.8. The lowest BCUT2D eigenvalue weighted by molar-refractivity contribution is 0.403. The monoisotopic (exact) mass is 254 g/mol. The van der Waals surface area contributed by atoms with Gasteiger partial charge >= 0.3 is 0 Å². The molecule has 0 saturated heterocycles. The van der Waals surface area contributed by atoms with Gasteiger partial charge in [-0.15, -0.1) is 0 Å². The van der Waals surface area contributed by atoms with E-state index in [9.17, 15) is 15.5 Å². The standard InChI is InChI=1S/C15H14N2O2/c1-10-2-5-12(6-3-10)17-13(9-16)11-4-7-14(18)15(19)8-11/h2-8,13,17-19H,1H3. The molecule has 0 fully saturated rings. The van der Waals surface area contributed by atoms with Crippen molar-refractivity contribution in [3.05, 3.63) is 53.6 Å². The van der Waals surface area contributed by atoms with Gasteiger partial charge in [-0.05, 0) is 36.8 Å². The molecule has 1 atom stereocenters. The Kier molecular flexibility index (Phi) is 3.58. The van der Waals surface area contributed by atoms with Crippen LogP contribution in [0.1, 0.15) is 17.2 Å². The van der Waals surface area contributed by atoms with E-state index >= 15 is 0 Å². The van der Waals surface area contributed by atoms with Crippen molar-refractivity contribution >= 4 is 5.69 Å². The number of rotatable bonds is 3. The summed E-state index contributed by atoms with van der Waals surface area (Å²) < 4.78 is 0. The third-order valence-corrected chi connectivity index (χ3v) is 2.82. The molecule has 0 bridgehead atoms. The minimum absolute atomic E-state index is 0.198. The molecule has 0 heterocycles. The maximum absolute atomic E-state index is 9.46. The molecule has 4 heteroatoms. The topological polar surface area (TPSA) is 76.3 Å². The van der Waals surface area contributed by atoms with Gasteiger partial charge in [0.1, 0.15) is 6.04 Å². The molecule has 3 N–H and O–H groups in total. The van der Waals surface area contributed by atoms with Crippen molar-refractivity contribution in [1.82, 2.24) is 0 Å². The Morgan fingerprint density at radius 2 is 1.74 bits per heavy atom. The maximum Gasteiger partial charge on any atom is 0.157 e. The third-order valence-electron chi connectivity index (χ3n) is 2.82. The average molecular weight is 254 g/mol. The molecule has 2 aromatic carbocycles. The zero-order chi connectivity index (χ0) is 13.8. The van der Waals surface area contributed by atoms with E-state index in [2.05, 4.69) is 11.4 Å². The Balaban J connectivity index is 2.23. The summed E-state index contributed by atoms with van der Waals surface area (Å²) in [6.07, 6.45) is 0. The lowest BCUT2D eigenvalue weighted by Crippen LogP contribution is -2.08. The first-order valence-corrected chi connectivity index (χ1v) is 5.85. The smallest absolute Gasteiger partial charge is 0.157 e. The van der Waals surface area contributed by atoms with Crippen LogP contribution in [0.5, 0.6) is 11.5 Å². The van der Waals surface area contributed by atoms with E-state index in [0.29, 0.717) is 5.56 Å². The SMILES string of the molecule is Cc1ccc(NC(C#N)c2ccc(O)c(O)c2)cc1. The van der Waals surface area contributed by atoms with Crippen LogP contribution in [0.4, 0.5) is 5.69 Å². The van der Waals surface area contributed by atoms with Crippen molar-refractivity contribution in [3.63, 3.8) is 0 Å². The van der Waals surface area contributed by atoms with Gasteiger partial charge in [0, 0.05) is 5.69 Å². The molecule has 0 amide bonds. The van der Waals surface area contributed by atoms with Crippen LogP contribution in [0, 0.1) is 18.3 Å². The van der Waals surface area contributed by atoms with Crippen LogP contribution in [0.25, 0.3) is 0 Å². The summed E-state index contributed by atoms with van der Waals surface area (Å²) in [5, 5.41) is 31.0. The van der Waals surface area contributed by atoms with E-state index in [-0.39, 0.29) is 11.5 Å². The van der Waals surface area contributed by atoms with Crippen LogP contribution in [-0.2, 0) is 0 Å². The van der Waals surface area contributed by atoms with E-state index in [0.717, 1.165) is 11.3 Å². The number of nitrogens with zero attached hydrogens (tertiary/aromatic N) is 1. The number of hydrogen-bond donors (Lipinski definition) is 3. The van der Waals surface area contributed by atoms with Crippen molar-refractivity contribution in [2.75, 3.05) is 5.32 Å². The van der Waals surface area contributed by atoms with Gasteiger partial charge in [0.25, 0.3) is 0 Å². The molecule has 96 valence electrons. The van der Waals surface area contributed by atoms with Crippen LogP contribution >= 0.6 is 0 Å². The van der Waals surface area contributed by atoms with Gasteiger partial charge in [0.05, 0.1) is 6.07 Å². The fourth-order valence-electron chi connectivity index (χ4n) is 1.73. The Morgan fingerprint density at radius 3 is 2.32 bits per heavy atom. The van der Waals surface area contributed by atoms with Crippen molar-refractivity contribution in [1.29, 1.82) is 5.26 Å². The highest BCUT2D eigenvalue weighted by Crippen LogP contribution is 2.29. The van der Waals surface area contributed by atoms with E-state index in [1.54, 1.807) is 6.07 Å². The molecular weight excluding hydrogens is 240 g/mol. The van der Waals surface area contributed by atoms with Gasteiger partial charge < -0.3 is 15.5 Å². The molecule has 4 nitrogen and oxygen atoms in total. The maximum atomic E-state index is 9.46. The van der Waals surface area contributed by atoms with E-state index in [1.807, 2.05) is 31.2 Å². The highest BCUT2D eigenvalue weighted by molar-refractivity contribution is 5.50. The lowest BCUT2D eigenvalue weighted by atomic mass is 10.1. The van der Waals surface area contributed by atoms with Crippen LogP contribution in [0.2, 0.25) is 0 Å². The van der Waals surface area contributed by atoms with Crippen molar-refractivity contribution in [2.45, 2.75) is 13.0 Å². The molecule has 0 spiro atoms. The second-order valence-corrected chi connectivity index (χ2v) is 4.32. The van der Waals surface area contributed by atoms with Gasteiger partial charge in [0.2, 0.25) is 0 Å². The van der Waals surface area contributed by atoms with Gasteiger partial charge in [-0.25, -0.2) is 0 Å². The van der Waals surface area contributed by atoms with Crippen LogP contribution in [-0.4, -0.2) is 10.2 Å².